The maximum Gasteiger partial charge on any atom is 0.283 e. The monoisotopic (exact) mass is 297 g/mol. The van der Waals surface area contributed by atoms with Crippen molar-refractivity contribution in [1.29, 1.82) is 0 Å². The molecule has 1 fully saturated rings. The molecule has 2 amide bonds. The minimum atomic E-state index is -0.118. The lowest BCUT2D eigenvalue weighted by atomic mass is 10.3. The highest BCUT2D eigenvalue weighted by Gasteiger charge is 2.23. The fourth-order valence-corrected chi connectivity index (χ4v) is 2.80. The van der Waals surface area contributed by atoms with Crippen LogP contribution in [0.5, 0.6) is 0 Å². The number of amides is 2. The summed E-state index contributed by atoms with van der Waals surface area (Å²) in [6.45, 7) is 7.40. The van der Waals surface area contributed by atoms with Crippen LogP contribution in [0.2, 0.25) is 0 Å². The number of morpholine rings is 1. The van der Waals surface area contributed by atoms with Crippen LogP contribution in [0, 0.1) is 0 Å². The van der Waals surface area contributed by atoms with Gasteiger partial charge in [0.1, 0.15) is 5.69 Å². The summed E-state index contributed by atoms with van der Waals surface area (Å²) in [6.07, 6.45) is 0. The highest BCUT2D eigenvalue weighted by molar-refractivity contribution is 7.11. The van der Waals surface area contributed by atoms with Crippen LogP contribution in [-0.2, 0) is 4.74 Å². The lowest BCUT2D eigenvalue weighted by molar-refractivity contribution is 0.0302. The fourth-order valence-electron chi connectivity index (χ4n) is 2.04. The molecular weight excluding hydrogens is 278 g/mol. The van der Waals surface area contributed by atoms with E-state index in [-0.39, 0.29) is 11.8 Å². The third kappa shape index (κ3) is 3.16. The topological polar surface area (TPSA) is 62.7 Å². The van der Waals surface area contributed by atoms with Gasteiger partial charge in [0, 0.05) is 31.6 Å². The van der Waals surface area contributed by atoms with Gasteiger partial charge >= 0.3 is 0 Å². The van der Waals surface area contributed by atoms with E-state index >= 15 is 0 Å². The molecule has 0 atom stereocenters. The summed E-state index contributed by atoms with van der Waals surface area (Å²) in [5, 5.41) is 2.04. The van der Waals surface area contributed by atoms with Gasteiger partial charge in [-0.3, -0.25) is 9.59 Å². The van der Waals surface area contributed by atoms with E-state index in [2.05, 4.69) is 4.98 Å². The minimum Gasteiger partial charge on any atom is -0.378 e. The molecular formula is C13H19N3O3S. The average molecular weight is 297 g/mol. The van der Waals surface area contributed by atoms with Crippen LogP contribution in [-0.4, -0.2) is 66.0 Å². The molecule has 1 aliphatic heterocycles. The van der Waals surface area contributed by atoms with E-state index in [4.69, 9.17) is 4.74 Å². The van der Waals surface area contributed by atoms with E-state index < -0.39 is 0 Å². The Hall–Kier alpha value is -1.47. The van der Waals surface area contributed by atoms with Gasteiger partial charge in [-0.05, 0) is 13.8 Å². The van der Waals surface area contributed by atoms with Crippen molar-refractivity contribution in [1.82, 2.24) is 14.8 Å². The molecule has 2 heterocycles. The maximum absolute atomic E-state index is 12.2. The van der Waals surface area contributed by atoms with E-state index in [1.54, 1.807) is 15.2 Å². The average Bonchev–Trinajstić information content (AvgIpc) is 2.98. The first-order chi connectivity index (χ1) is 9.67. The van der Waals surface area contributed by atoms with Gasteiger partial charge in [0.05, 0.1) is 13.2 Å². The largest absolute Gasteiger partial charge is 0.378 e. The predicted octanol–water partition coefficient (Wildman–Crippen LogP) is 1.10. The Morgan fingerprint density at radius 1 is 1.35 bits per heavy atom. The van der Waals surface area contributed by atoms with Gasteiger partial charge in [-0.2, -0.15) is 0 Å². The molecule has 1 aliphatic rings. The Balaban J connectivity index is 2.08. The summed E-state index contributed by atoms with van der Waals surface area (Å²) >= 11 is 1.23. The number of nitrogens with zero attached hydrogens (tertiary/aromatic N) is 3. The third-order valence-electron chi connectivity index (χ3n) is 3.26. The highest BCUT2D eigenvalue weighted by Crippen LogP contribution is 2.15. The molecule has 0 aromatic carbocycles. The van der Waals surface area contributed by atoms with E-state index in [1.807, 2.05) is 13.8 Å². The van der Waals surface area contributed by atoms with Crippen molar-refractivity contribution >= 4 is 23.2 Å². The van der Waals surface area contributed by atoms with Gasteiger partial charge in [0.15, 0.2) is 5.01 Å². The molecule has 20 heavy (non-hydrogen) atoms. The zero-order chi connectivity index (χ0) is 14.5. The van der Waals surface area contributed by atoms with Crippen LogP contribution < -0.4 is 0 Å². The van der Waals surface area contributed by atoms with Crippen LogP contribution in [0.15, 0.2) is 5.38 Å². The van der Waals surface area contributed by atoms with Crippen LogP contribution >= 0.6 is 11.3 Å². The molecule has 0 N–H and O–H groups in total. The van der Waals surface area contributed by atoms with E-state index in [0.29, 0.717) is 50.1 Å². The lowest BCUT2D eigenvalue weighted by Crippen LogP contribution is -2.40. The number of carbonyl (C=O) groups is 2. The molecule has 0 radical (unpaired) electrons. The summed E-state index contributed by atoms with van der Waals surface area (Å²) in [4.78, 5) is 32.0. The summed E-state index contributed by atoms with van der Waals surface area (Å²) in [7, 11) is 0. The normalized spacial score (nSPS) is 15.2. The Morgan fingerprint density at radius 2 is 2.00 bits per heavy atom. The first kappa shape index (κ1) is 14.9. The van der Waals surface area contributed by atoms with Crippen LogP contribution in [0.1, 0.15) is 34.1 Å². The second kappa shape index (κ2) is 6.81. The van der Waals surface area contributed by atoms with Gasteiger partial charge < -0.3 is 14.5 Å². The van der Waals surface area contributed by atoms with Crippen molar-refractivity contribution < 1.29 is 14.3 Å². The van der Waals surface area contributed by atoms with E-state index in [0.717, 1.165) is 0 Å². The number of hydrogen-bond donors (Lipinski definition) is 0. The summed E-state index contributed by atoms with van der Waals surface area (Å²) < 4.78 is 5.22. The zero-order valence-corrected chi connectivity index (χ0v) is 12.6. The van der Waals surface area contributed by atoms with Crippen molar-refractivity contribution in [3.63, 3.8) is 0 Å². The molecule has 0 unspecified atom stereocenters. The first-order valence-electron chi connectivity index (χ1n) is 6.79. The molecule has 0 bridgehead atoms. The molecule has 0 saturated carbocycles. The number of thiazole rings is 1. The summed E-state index contributed by atoms with van der Waals surface area (Å²) in [6, 6.07) is 0. The maximum atomic E-state index is 12.2. The summed E-state index contributed by atoms with van der Waals surface area (Å²) in [5.41, 5.74) is 0.357. The molecule has 1 saturated heterocycles. The molecule has 7 heteroatoms. The number of ether oxygens (including phenoxy) is 1. The molecule has 1 aromatic rings. The van der Waals surface area contributed by atoms with Gasteiger partial charge in [0.2, 0.25) is 0 Å². The van der Waals surface area contributed by atoms with Gasteiger partial charge in [-0.25, -0.2) is 4.98 Å². The molecule has 2 rings (SSSR count). The second-order valence-electron chi connectivity index (χ2n) is 4.42. The highest BCUT2D eigenvalue weighted by atomic mass is 32.1. The lowest BCUT2D eigenvalue weighted by Gasteiger charge is -2.25. The third-order valence-corrected chi connectivity index (χ3v) is 4.09. The van der Waals surface area contributed by atoms with Crippen LogP contribution in [0.3, 0.4) is 0 Å². The second-order valence-corrected chi connectivity index (χ2v) is 5.28. The Kier molecular flexibility index (Phi) is 5.08. The number of carbonyl (C=O) groups excluding carboxylic acids is 2. The van der Waals surface area contributed by atoms with Gasteiger partial charge in [-0.1, -0.05) is 0 Å². The molecule has 1 aromatic heterocycles. The quantitative estimate of drug-likeness (QED) is 0.835. The molecule has 110 valence electrons. The minimum absolute atomic E-state index is 0.114. The van der Waals surface area contributed by atoms with Crippen molar-refractivity contribution in [3.05, 3.63) is 16.1 Å². The van der Waals surface area contributed by atoms with Crippen molar-refractivity contribution in [2.45, 2.75) is 13.8 Å². The molecule has 6 nitrogen and oxygen atoms in total. The SMILES string of the molecule is CCN(CC)C(=O)c1csc(C(=O)N2CCOCC2)n1. The number of aromatic nitrogens is 1. The van der Waals surface area contributed by atoms with Crippen LogP contribution in [0.25, 0.3) is 0 Å². The molecule has 0 spiro atoms. The van der Waals surface area contributed by atoms with E-state index in [1.165, 1.54) is 11.3 Å². The Labute approximate surface area is 122 Å². The Morgan fingerprint density at radius 3 is 2.60 bits per heavy atom. The van der Waals surface area contributed by atoms with E-state index in [9.17, 15) is 9.59 Å². The molecule has 0 aliphatic carbocycles. The summed E-state index contributed by atoms with van der Waals surface area (Å²) in [5.74, 6) is -0.232. The number of rotatable bonds is 4. The smallest absolute Gasteiger partial charge is 0.283 e. The standard InChI is InChI=1S/C13H19N3O3S/c1-3-15(4-2)12(17)10-9-20-11(14-10)13(18)16-5-7-19-8-6-16/h9H,3-8H2,1-2H3. The van der Waals surface area contributed by atoms with Gasteiger partial charge in [-0.15, -0.1) is 11.3 Å². The van der Waals surface area contributed by atoms with Crippen molar-refractivity contribution in [3.8, 4) is 0 Å². The predicted molar refractivity (Wildman–Crippen MR) is 76.1 cm³/mol. The number of hydrogen-bond acceptors (Lipinski definition) is 5. The first-order valence-corrected chi connectivity index (χ1v) is 7.67. The van der Waals surface area contributed by atoms with Crippen molar-refractivity contribution in [2.75, 3.05) is 39.4 Å². The van der Waals surface area contributed by atoms with Crippen LogP contribution in [0.4, 0.5) is 0 Å². The zero-order valence-electron chi connectivity index (χ0n) is 11.8. The Bertz CT molecular complexity index is 479. The van der Waals surface area contributed by atoms with Crippen molar-refractivity contribution in [2.24, 2.45) is 0 Å². The van der Waals surface area contributed by atoms with Gasteiger partial charge in [0.25, 0.3) is 11.8 Å². The fraction of sp³-hybridized carbons (Fsp3) is 0.615.